The molecular weight excluding hydrogens is 238 g/mol. The van der Waals surface area contributed by atoms with Crippen LogP contribution in [-0.2, 0) is 4.79 Å². The number of hydrogen-bond donors (Lipinski definition) is 1. The number of aliphatic carboxylic acids is 1. The van der Waals surface area contributed by atoms with Gasteiger partial charge in [0, 0.05) is 0 Å². The van der Waals surface area contributed by atoms with Crippen LogP contribution in [0.5, 0.6) is 0 Å². The summed E-state index contributed by atoms with van der Waals surface area (Å²) < 4.78 is 0. The van der Waals surface area contributed by atoms with E-state index in [9.17, 15) is 4.79 Å². The third kappa shape index (κ3) is 6.41. The second-order valence-corrected chi connectivity index (χ2v) is 2.38. The van der Waals surface area contributed by atoms with Gasteiger partial charge in [-0.25, -0.2) is 0 Å². The molecule has 2 nitrogen and oxygen atoms in total. The Balaban J connectivity index is 0. The molecule has 0 bridgehead atoms. The molecule has 62 valence electrons. The topological polar surface area (TPSA) is 37.3 Å². The Bertz CT molecular complexity index is 93.6. The molecule has 0 rings (SSSR count). The van der Waals surface area contributed by atoms with Gasteiger partial charge in [-0.05, 0) is 6.42 Å². The molecule has 0 spiro atoms. The first-order valence-corrected chi connectivity index (χ1v) is 3.41. The number of carbonyl (C=O) groups is 1. The van der Waals surface area contributed by atoms with E-state index in [1.54, 1.807) is 6.92 Å². The van der Waals surface area contributed by atoms with Crippen molar-refractivity contribution in [1.82, 2.24) is 0 Å². The monoisotopic (exact) mass is 254 g/mol. The first-order chi connectivity index (χ1) is 4.18. The van der Waals surface area contributed by atoms with Crippen molar-refractivity contribution in [2.45, 2.75) is 33.1 Å². The summed E-state index contributed by atoms with van der Waals surface area (Å²) in [6, 6.07) is 0. The zero-order valence-electron chi connectivity index (χ0n) is 6.76. The average Bonchev–Trinajstić information content (AvgIpc) is 1.82. The van der Waals surface area contributed by atoms with Crippen molar-refractivity contribution in [3.63, 3.8) is 0 Å². The van der Waals surface area contributed by atoms with Gasteiger partial charge in [0.05, 0.1) is 5.92 Å². The molecule has 0 aliphatic rings. The Morgan fingerprint density at radius 1 is 1.60 bits per heavy atom. The van der Waals surface area contributed by atoms with Crippen molar-refractivity contribution < 1.29 is 9.90 Å². The molecule has 0 aromatic heterocycles. The standard InChI is InChI=1S/C7H14O2.Sb.3H/c1-3-4-5-6(2)7(8)9;;;;/h6H,3-5H2,1-2H3,(H,8,9);;;;. The minimum atomic E-state index is -0.677. The fourth-order valence-electron chi connectivity index (χ4n) is 0.634. The fourth-order valence-corrected chi connectivity index (χ4v) is 0.634. The van der Waals surface area contributed by atoms with E-state index < -0.39 is 5.97 Å². The summed E-state index contributed by atoms with van der Waals surface area (Å²) in [5.74, 6) is -0.839. The van der Waals surface area contributed by atoms with E-state index in [2.05, 4.69) is 6.92 Å². The number of hydrogen-bond acceptors (Lipinski definition) is 1. The average molecular weight is 255 g/mol. The Morgan fingerprint density at radius 3 is 2.40 bits per heavy atom. The molecular formula is C7H17O2Sb. The van der Waals surface area contributed by atoms with Crippen LogP contribution in [0, 0.1) is 5.92 Å². The summed E-state index contributed by atoms with van der Waals surface area (Å²) in [6.45, 7) is 3.81. The van der Waals surface area contributed by atoms with Crippen molar-refractivity contribution in [2.75, 3.05) is 0 Å². The first kappa shape index (κ1) is 12.9. The number of unbranched alkanes of at least 4 members (excludes halogenated alkanes) is 1. The summed E-state index contributed by atoms with van der Waals surface area (Å²) in [5.41, 5.74) is 0. The van der Waals surface area contributed by atoms with Crippen molar-refractivity contribution in [2.24, 2.45) is 5.92 Å². The molecule has 0 amide bonds. The van der Waals surface area contributed by atoms with Crippen LogP contribution in [0.25, 0.3) is 0 Å². The minimum absolute atomic E-state index is 0. The Labute approximate surface area is 79.5 Å². The molecule has 0 aromatic rings. The maximum atomic E-state index is 10.2. The van der Waals surface area contributed by atoms with Crippen molar-refractivity contribution in [3.8, 4) is 0 Å². The van der Waals surface area contributed by atoms with Crippen molar-refractivity contribution in [1.29, 1.82) is 0 Å². The molecule has 1 N–H and O–H groups in total. The van der Waals surface area contributed by atoms with Crippen molar-refractivity contribution >= 4 is 30.4 Å². The third-order valence-electron chi connectivity index (χ3n) is 1.41. The summed E-state index contributed by atoms with van der Waals surface area (Å²) in [4.78, 5) is 10.2. The van der Waals surface area contributed by atoms with Gasteiger partial charge in [0.25, 0.3) is 0 Å². The molecule has 0 aliphatic heterocycles. The number of rotatable bonds is 4. The van der Waals surface area contributed by atoms with Crippen LogP contribution < -0.4 is 0 Å². The van der Waals surface area contributed by atoms with Gasteiger partial charge < -0.3 is 5.11 Å². The molecule has 0 radical (unpaired) electrons. The molecule has 0 aliphatic carbocycles. The number of carboxylic acids is 1. The first-order valence-electron chi connectivity index (χ1n) is 3.41. The van der Waals surface area contributed by atoms with E-state index >= 15 is 0 Å². The van der Waals surface area contributed by atoms with E-state index in [1.807, 2.05) is 0 Å². The maximum absolute atomic E-state index is 10.2. The molecule has 10 heavy (non-hydrogen) atoms. The van der Waals surface area contributed by atoms with E-state index in [1.165, 1.54) is 0 Å². The SMILES string of the molecule is CCCCC(C)C(=O)O.[SbH3]. The summed E-state index contributed by atoms with van der Waals surface area (Å²) in [5, 5.41) is 8.41. The molecule has 0 saturated carbocycles. The van der Waals surface area contributed by atoms with Crippen LogP contribution in [-0.4, -0.2) is 35.5 Å². The van der Waals surface area contributed by atoms with Gasteiger partial charge in [0.15, 0.2) is 0 Å². The van der Waals surface area contributed by atoms with Gasteiger partial charge in [-0.15, -0.1) is 0 Å². The van der Waals surface area contributed by atoms with Crippen molar-refractivity contribution in [3.05, 3.63) is 0 Å². The second kappa shape index (κ2) is 7.40. The van der Waals surface area contributed by atoms with Crippen LogP contribution in [0.1, 0.15) is 33.1 Å². The normalized spacial score (nSPS) is 11.8. The zero-order valence-corrected chi connectivity index (χ0v) is 10.8. The van der Waals surface area contributed by atoms with Gasteiger partial charge in [-0.1, -0.05) is 26.7 Å². The second-order valence-electron chi connectivity index (χ2n) is 2.38. The van der Waals surface area contributed by atoms with Crippen LogP contribution in [0.4, 0.5) is 0 Å². The molecule has 3 heteroatoms. The quantitative estimate of drug-likeness (QED) is 0.751. The molecule has 0 heterocycles. The van der Waals surface area contributed by atoms with E-state index in [4.69, 9.17) is 5.11 Å². The molecule has 0 saturated heterocycles. The van der Waals surface area contributed by atoms with E-state index in [0.717, 1.165) is 19.3 Å². The van der Waals surface area contributed by atoms with Gasteiger partial charge in [-0.3, -0.25) is 4.79 Å². The van der Waals surface area contributed by atoms with E-state index in [0.29, 0.717) is 0 Å². The van der Waals surface area contributed by atoms with Gasteiger partial charge in [0.2, 0.25) is 0 Å². The summed E-state index contributed by atoms with van der Waals surface area (Å²) >= 11 is 0. The Morgan fingerprint density at radius 2 is 2.10 bits per heavy atom. The van der Waals surface area contributed by atoms with Crippen LogP contribution in [0.2, 0.25) is 0 Å². The Kier molecular flexibility index (Phi) is 9.56. The molecule has 0 fully saturated rings. The Hall–Kier alpha value is 0.288. The number of carboxylic acid groups (broad SMARTS) is 1. The fraction of sp³-hybridized carbons (Fsp3) is 0.857. The van der Waals surface area contributed by atoms with Crippen LogP contribution >= 0.6 is 0 Å². The molecule has 1 unspecified atom stereocenters. The van der Waals surface area contributed by atoms with Gasteiger partial charge in [0.1, 0.15) is 0 Å². The molecule has 1 atom stereocenters. The van der Waals surface area contributed by atoms with Crippen LogP contribution in [0.3, 0.4) is 0 Å². The predicted octanol–water partition coefficient (Wildman–Crippen LogP) is 0.713. The zero-order chi connectivity index (χ0) is 7.28. The van der Waals surface area contributed by atoms with Gasteiger partial charge >= 0.3 is 30.4 Å². The van der Waals surface area contributed by atoms with E-state index in [-0.39, 0.29) is 30.3 Å². The van der Waals surface area contributed by atoms with Crippen LogP contribution in [0.15, 0.2) is 0 Å². The summed E-state index contributed by atoms with van der Waals surface area (Å²) in [7, 11) is 0. The van der Waals surface area contributed by atoms with Gasteiger partial charge in [-0.2, -0.15) is 0 Å². The predicted molar refractivity (Wildman–Crippen MR) is 46.3 cm³/mol. The summed E-state index contributed by atoms with van der Waals surface area (Å²) in [6.07, 6.45) is 2.91. The third-order valence-corrected chi connectivity index (χ3v) is 1.41. The molecule has 0 aromatic carbocycles.